The SMILES string of the molecule is C=C=Cc1ccccc1SC.CC. The lowest BCUT2D eigenvalue weighted by atomic mass is 10.2. The van der Waals surface area contributed by atoms with Crippen LogP contribution in [0.25, 0.3) is 6.08 Å². The van der Waals surface area contributed by atoms with E-state index in [2.05, 4.69) is 30.7 Å². The third kappa shape index (κ3) is 4.02. The molecule has 1 aromatic carbocycles. The molecule has 0 bridgehead atoms. The number of hydrogen-bond acceptors (Lipinski definition) is 1. The summed E-state index contributed by atoms with van der Waals surface area (Å²) in [5, 5.41) is 0. The van der Waals surface area contributed by atoms with Crippen molar-refractivity contribution >= 4 is 17.8 Å². The highest BCUT2D eigenvalue weighted by molar-refractivity contribution is 7.98. The van der Waals surface area contributed by atoms with E-state index in [1.165, 1.54) is 10.5 Å². The lowest BCUT2D eigenvalue weighted by Crippen LogP contribution is -1.75. The first-order valence-electron chi connectivity index (χ1n) is 4.37. The monoisotopic (exact) mass is 192 g/mol. The van der Waals surface area contributed by atoms with Gasteiger partial charge in [-0.3, -0.25) is 0 Å². The molecule has 0 aromatic heterocycles. The molecule has 0 nitrogen and oxygen atoms in total. The van der Waals surface area contributed by atoms with Gasteiger partial charge in [-0.1, -0.05) is 38.6 Å². The summed E-state index contributed by atoms with van der Waals surface area (Å²) < 4.78 is 0. The van der Waals surface area contributed by atoms with Crippen molar-refractivity contribution in [1.29, 1.82) is 0 Å². The third-order valence-electron chi connectivity index (χ3n) is 1.40. The van der Waals surface area contributed by atoms with Gasteiger partial charge >= 0.3 is 0 Å². The summed E-state index contributed by atoms with van der Waals surface area (Å²) in [7, 11) is 0. The zero-order valence-electron chi connectivity index (χ0n) is 8.50. The predicted molar refractivity (Wildman–Crippen MR) is 63.2 cm³/mol. The average molecular weight is 192 g/mol. The highest BCUT2D eigenvalue weighted by Gasteiger charge is 1.93. The van der Waals surface area contributed by atoms with Gasteiger partial charge < -0.3 is 0 Å². The van der Waals surface area contributed by atoms with Crippen LogP contribution in [0.4, 0.5) is 0 Å². The van der Waals surface area contributed by atoms with Crippen LogP contribution in [0.5, 0.6) is 0 Å². The fraction of sp³-hybridized carbons (Fsp3) is 0.250. The maximum atomic E-state index is 3.54. The van der Waals surface area contributed by atoms with E-state index in [4.69, 9.17) is 0 Å². The van der Waals surface area contributed by atoms with Crippen molar-refractivity contribution < 1.29 is 0 Å². The van der Waals surface area contributed by atoms with Crippen molar-refractivity contribution in [3.63, 3.8) is 0 Å². The average Bonchev–Trinajstić information content (AvgIpc) is 2.22. The number of rotatable bonds is 2. The predicted octanol–water partition coefficient (Wildman–Crippen LogP) is 4.23. The molecule has 0 aliphatic carbocycles. The minimum Gasteiger partial charge on any atom is -0.129 e. The van der Waals surface area contributed by atoms with E-state index in [1.54, 1.807) is 11.8 Å². The Morgan fingerprint density at radius 1 is 1.31 bits per heavy atom. The van der Waals surface area contributed by atoms with Crippen LogP contribution < -0.4 is 0 Å². The van der Waals surface area contributed by atoms with Crippen LogP contribution in [-0.2, 0) is 0 Å². The molecule has 0 unspecified atom stereocenters. The maximum absolute atomic E-state index is 3.54. The molecule has 1 rings (SSSR count). The lowest BCUT2D eigenvalue weighted by Gasteiger charge is -1.98. The fourth-order valence-electron chi connectivity index (χ4n) is 0.896. The molecular weight excluding hydrogens is 176 g/mol. The minimum atomic E-state index is 1.19. The summed E-state index contributed by atoms with van der Waals surface area (Å²) in [4.78, 5) is 1.27. The van der Waals surface area contributed by atoms with Crippen molar-refractivity contribution in [2.24, 2.45) is 0 Å². The van der Waals surface area contributed by atoms with Gasteiger partial charge in [-0.2, -0.15) is 0 Å². The highest BCUT2D eigenvalue weighted by atomic mass is 32.2. The van der Waals surface area contributed by atoms with Gasteiger partial charge in [0.1, 0.15) is 0 Å². The van der Waals surface area contributed by atoms with E-state index < -0.39 is 0 Å². The van der Waals surface area contributed by atoms with Crippen LogP contribution in [0.3, 0.4) is 0 Å². The molecule has 1 aromatic rings. The summed E-state index contributed by atoms with van der Waals surface area (Å²) >= 11 is 1.74. The summed E-state index contributed by atoms with van der Waals surface area (Å²) in [5.74, 6) is 0. The molecular formula is C12H16S. The first-order chi connectivity index (χ1) is 6.38. The second-order valence-electron chi connectivity index (χ2n) is 2.09. The van der Waals surface area contributed by atoms with Gasteiger partial charge in [-0.15, -0.1) is 17.5 Å². The lowest BCUT2D eigenvalue weighted by molar-refractivity contribution is 1.43. The van der Waals surface area contributed by atoms with E-state index in [0.29, 0.717) is 0 Å². The first kappa shape index (κ1) is 12.1. The van der Waals surface area contributed by atoms with E-state index in [-0.39, 0.29) is 0 Å². The Kier molecular flexibility index (Phi) is 7.18. The van der Waals surface area contributed by atoms with E-state index >= 15 is 0 Å². The Balaban J connectivity index is 0.000000671. The molecule has 0 radical (unpaired) electrons. The zero-order valence-corrected chi connectivity index (χ0v) is 9.32. The molecule has 1 heteroatoms. The molecule has 0 spiro atoms. The Bertz CT molecular complexity index is 283. The molecule has 0 saturated heterocycles. The normalized spacial score (nSPS) is 7.92. The van der Waals surface area contributed by atoms with Gasteiger partial charge in [0.15, 0.2) is 0 Å². The minimum absolute atomic E-state index is 1.19. The van der Waals surface area contributed by atoms with Crippen molar-refractivity contribution in [3.8, 4) is 0 Å². The van der Waals surface area contributed by atoms with Crippen LogP contribution in [0.2, 0.25) is 0 Å². The first-order valence-corrected chi connectivity index (χ1v) is 5.60. The van der Waals surface area contributed by atoms with Crippen LogP contribution in [0.15, 0.2) is 41.5 Å². The van der Waals surface area contributed by atoms with Gasteiger partial charge in [-0.05, 0) is 24.0 Å². The zero-order chi connectivity index (χ0) is 10.1. The highest BCUT2D eigenvalue weighted by Crippen LogP contribution is 2.20. The quantitative estimate of drug-likeness (QED) is 0.499. The summed E-state index contributed by atoms with van der Waals surface area (Å²) in [5.41, 5.74) is 3.96. The van der Waals surface area contributed by atoms with Gasteiger partial charge in [0.05, 0.1) is 0 Å². The summed E-state index contributed by atoms with van der Waals surface area (Å²) in [6.45, 7) is 7.54. The number of thioether (sulfide) groups is 1. The Labute approximate surface area is 85.4 Å². The second-order valence-corrected chi connectivity index (χ2v) is 2.94. The van der Waals surface area contributed by atoms with Gasteiger partial charge in [0, 0.05) is 4.90 Å². The number of benzene rings is 1. The van der Waals surface area contributed by atoms with Crippen LogP contribution in [-0.4, -0.2) is 6.26 Å². The molecule has 0 fully saturated rings. The molecule has 0 amide bonds. The molecule has 0 saturated carbocycles. The Morgan fingerprint density at radius 2 is 1.92 bits per heavy atom. The van der Waals surface area contributed by atoms with Crippen LogP contribution in [0.1, 0.15) is 19.4 Å². The maximum Gasteiger partial charge on any atom is 0.0148 e. The van der Waals surface area contributed by atoms with E-state index in [9.17, 15) is 0 Å². The molecule has 0 aliphatic rings. The summed E-state index contributed by atoms with van der Waals surface area (Å²) in [6.07, 6.45) is 3.96. The molecule has 0 aliphatic heterocycles. The third-order valence-corrected chi connectivity index (χ3v) is 2.21. The van der Waals surface area contributed by atoms with Crippen molar-refractivity contribution in [2.75, 3.05) is 6.26 Å². The number of hydrogen-bond donors (Lipinski definition) is 0. The van der Waals surface area contributed by atoms with Crippen molar-refractivity contribution in [1.82, 2.24) is 0 Å². The molecule has 70 valence electrons. The van der Waals surface area contributed by atoms with E-state index in [1.807, 2.05) is 32.1 Å². The van der Waals surface area contributed by atoms with Gasteiger partial charge in [-0.25, -0.2) is 0 Å². The van der Waals surface area contributed by atoms with Gasteiger partial charge in [0.25, 0.3) is 0 Å². The molecule has 0 N–H and O–H groups in total. The largest absolute Gasteiger partial charge is 0.129 e. The van der Waals surface area contributed by atoms with Crippen molar-refractivity contribution in [3.05, 3.63) is 42.1 Å². The standard InChI is InChI=1S/C10H10S.C2H6/c1-3-6-9-7-4-5-8-10(9)11-2;1-2/h4-8H,1H2,2H3;1-2H3. The Hall–Kier alpha value is -0.910. The topological polar surface area (TPSA) is 0 Å². The van der Waals surface area contributed by atoms with Crippen LogP contribution in [0, 0.1) is 0 Å². The Morgan fingerprint density at radius 3 is 2.46 bits per heavy atom. The van der Waals surface area contributed by atoms with E-state index in [0.717, 1.165) is 0 Å². The molecule has 0 atom stereocenters. The smallest absolute Gasteiger partial charge is 0.0148 e. The second kappa shape index (κ2) is 7.72. The van der Waals surface area contributed by atoms with Crippen LogP contribution >= 0.6 is 11.8 Å². The summed E-state index contributed by atoms with van der Waals surface area (Å²) in [6, 6.07) is 8.20. The molecule has 0 heterocycles. The molecule has 13 heavy (non-hydrogen) atoms. The van der Waals surface area contributed by atoms with Crippen molar-refractivity contribution in [2.45, 2.75) is 18.7 Å². The fourth-order valence-corrected chi connectivity index (χ4v) is 1.47. The van der Waals surface area contributed by atoms with Gasteiger partial charge in [0.2, 0.25) is 0 Å².